The zero-order valence-electron chi connectivity index (χ0n) is 9.98. The molecule has 1 heterocycles. The Balaban J connectivity index is 1.96. The summed E-state index contributed by atoms with van der Waals surface area (Å²) in [6, 6.07) is 3.28. The molecule has 1 aromatic heterocycles. The van der Waals surface area contributed by atoms with Gasteiger partial charge in [-0.3, -0.25) is 9.69 Å². The highest BCUT2D eigenvalue weighted by molar-refractivity contribution is 7.07. The highest BCUT2D eigenvalue weighted by Crippen LogP contribution is 2.31. The Morgan fingerprint density at radius 2 is 2.38 bits per heavy atom. The van der Waals surface area contributed by atoms with E-state index in [1.165, 1.54) is 18.4 Å². The van der Waals surface area contributed by atoms with Gasteiger partial charge in [-0.15, -0.1) is 0 Å². The summed E-state index contributed by atoms with van der Waals surface area (Å²) in [5.41, 5.74) is 1.38. The summed E-state index contributed by atoms with van der Waals surface area (Å²) in [4.78, 5) is 13.7. The molecule has 0 radical (unpaired) electrons. The molecule has 1 saturated carbocycles. The second-order valence-corrected chi connectivity index (χ2v) is 5.57. The number of rotatable bonds is 6. The van der Waals surface area contributed by atoms with E-state index in [0.717, 1.165) is 6.54 Å². The normalized spacial score (nSPS) is 17.7. The molecule has 1 aliphatic carbocycles. The summed E-state index contributed by atoms with van der Waals surface area (Å²) in [7, 11) is 0. The van der Waals surface area contributed by atoms with Crippen LogP contribution < -0.4 is 0 Å². The Morgan fingerprint density at radius 3 is 2.88 bits per heavy atom. The minimum atomic E-state index is 0.295. The van der Waals surface area contributed by atoms with Gasteiger partial charge in [0, 0.05) is 25.0 Å². The number of carbonyl (C=O) groups is 1. The number of carbonyl (C=O) groups excluding carboxylic acids is 1. The predicted molar refractivity (Wildman–Crippen MR) is 67.6 cm³/mol. The van der Waals surface area contributed by atoms with Crippen LogP contribution in [0.1, 0.15) is 38.7 Å². The summed E-state index contributed by atoms with van der Waals surface area (Å²) in [6.45, 7) is 4.86. The van der Waals surface area contributed by atoms with E-state index in [1.807, 2.05) is 0 Å². The fourth-order valence-corrected chi connectivity index (χ4v) is 2.84. The maximum Gasteiger partial charge on any atom is 0.131 e. The highest BCUT2D eigenvalue weighted by atomic mass is 32.1. The first-order valence-electron chi connectivity index (χ1n) is 5.93. The van der Waals surface area contributed by atoms with Gasteiger partial charge in [0.05, 0.1) is 0 Å². The molecule has 0 bridgehead atoms. The molecular formula is C13H19NOS. The molecule has 1 aliphatic rings. The van der Waals surface area contributed by atoms with Crippen molar-refractivity contribution in [2.75, 3.05) is 0 Å². The molecule has 0 spiro atoms. The first-order valence-corrected chi connectivity index (χ1v) is 6.87. The van der Waals surface area contributed by atoms with Crippen LogP contribution in [0.3, 0.4) is 0 Å². The summed E-state index contributed by atoms with van der Waals surface area (Å²) in [5.74, 6) is 0.295. The van der Waals surface area contributed by atoms with E-state index in [2.05, 4.69) is 28.7 Å². The molecule has 0 aliphatic heterocycles. The Hall–Kier alpha value is -0.670. The molecule has 1 unspecified atom stereocenters. The lowest BCUT2D eigenvalue weighted by molar-refractivity contribution is -0.118. The van der Waals surface area contributed by atoms with Crippen molar-refractivity contribution in [3.05, 3.63) is 22.4 Å². The summed E-state index contributed by atoms with van der Waals surface area (Å²) < 4.78 is 0. The van der Waals surface area contributed by atoms with Gasteiger partial charge in [-0.2, -0.15) is 11.3 Å². The lowest BCUT2D eigenvalue weighted by Gasteiger charge is -2.28. The van der Waals surface area contributed by atoms with E-state index in [-0.39, 0.29) is 0 Å². The van der Waals surface area contributed by atoms with E-state index in [1.54, 1.807) is 18.3 Å². The minimum Gasteiger partial charge on any atom is -0.300 e. The van der Waals surface area contributed by atoms with E-state index < -0.39 is 0 Å². The maximum atomic E-state index is 11.2. The summed E-state index contributed by atoms with van der Waals surface area (Å²) >= 11 is 1.75. The molecular weight excluding hydrogens is 218 g/mol. The van der Waals surface area contributed by atoms with Crippen LogP contribution in [0.2, 0.25) is 0 Å². The van der Waals surface area contributed by atoms with E-state index in [9.17, 15) is 4.79 Å². The van der Waals surface area contributed by atoms with Crippen molar-refractivity contribution >= 4 is 17.1 Å². The van der Waals surface area contributed by atoms with Crippen LogP contribution in [0.15, 0.2) is 16.8 Å². The van der Waals surface area contributed by atoms with Gasteiger partial charge >= 0.3 is 0 Å². The molecule has 3 heteroatoms. The van der Waals surface area contributed by atoms with E-state index in [0.29, 0.717) is 24.3 Å². The van der Waals surface area contributed by atoms with Crippen molar-refractivity contribution < 1.29 is 4.79 Å². The topological polar surface area (TPSA) is 20.3 Å². The molecule has 0 amide bonds. The SMILES string of the molecule is CC(=O)CC(C)N(Cc1ccsc1)C1CC1. The van der Waals surface area contributed by atoms with Gasteiger partial charge in [0.25, 0.3) is 0 Å². The fourth-order valence-electron chi connectivity index (χ4n) is 2.18. The smallest absolute Gasteiger partial charge is 0.131 e. The van der Waals surface area contributed by atoms with Crippen LogP contribution in [0.4, 0.5) is 0 Å². The quantitative estimate of drug-likeness (QED) is 0.758. The first kappa shape index (κ1) is 11.8. The monoisotopic (exact) mass is 237 g/mol. The van der Waals surface area contributed by atoms with Crippen molar-refractivity contribution in [2.45, 2.75) is 51.7 Å². The minimum absolute atomic E-state index is 0.295. The van der Waals surface area contributed by atoms with Crippen LogP contribution in [-0.4, -0.2) is 22.8 Å². The summed E-state index contributed by atoms with van der Waals surface area (Å²) in [6.07, 6.45) is 3.28. The van der Waals surface area contributed by atoms with Crippen molar-refractivity contribution in [3.63, 3.8) is 0 Å². The van der Waals surface area contributed by atoms with Crippen LogP contribution in [-0.2, 0) is 11.3 Å². The number of ketones is 1. The standard InChI is InChI=1S/C13H19NOS/c1-10(7-11(2)15)14(13-3-4-13)8-12-5-6-16-9-12/h5-6,9-10,13H,3-4,7-8H2,1-2H3. The van der Waals surface area contributed by atoms with Crippen LogP contribution in [0.25, 0.3) is 0 Å². The van der Waals surface area contributed by atoms with Gasteiger partial charge in [-0.1, -0.05) is 0 Å². The van der Waals surface area contributed by atoms with Gasteiger partial charge in [-0.25, -0.2) is 0 Å². The molecule has 2 rings (SSSR count). The number of Topliss-reactive ketones (excluding diaryl/α,β-unsaturated/α-hetero) is 1. The predicted octanol–water partition coefficient (Wildman–Crippen LogP) is 3.08. The van der Waals surface area contributed by atoms with Gasteiger partial charge < -0.3 is 0 Å². The van der Waals surface area contributed by atoms with Crippen molar-refractivity contribution in [1.29, 1.82) is 0 Å². The average Bonchev–Trinajstić information content (AvgIpc) is 2.91. The molecule has 0 N–H and O–H groups in total. The molecule has 0 aromatic carbocycles. The molecule has 16 heavy (non-hydrogen) atoms. The largest absolute Gasteiger partial charge is 0.300 e. The molecule has 88 valence electrons. The van der Waals surface area contributed by atoms with Crippen molar-refractivity contribution in [3.8, 4) is 0 Å². The first-order chi connectivity index (χ1) is 7.66. The second-order valence-electron chi connectivity index (χ2n) is 4.79. The highest BCUT2D eigenvalue weighted by Gasteiger charge is 2.32. The zero-order chi connectivity index (χ0) is 11.5. The van der Waals surface area contributed by atoms with Gasteiger partial charge in [0.1, 0.15) is 5.78 Å². The van der Waals surface area contributed by atoms with Gasteiger partial charge in [-0.05, 0) is 49.1 Å². The van der Waals surface area contributed by atoms with Crippen LogP contribution in [0, 0.1) is 0 Å². The van der Waals surface area contributed by atoms with Crippen LogP contribution >= 0.6 is 11.3 Å². The Bertz CT molecular complexity index is 343. The van der Waals surface area contributed by atoms with E-state index in [4.69, 9.17) is 0 Å². The van der Waals surface area contributed by atoms with Crippen molar-refractivity contribution in [2.24, 2.45) is 0 Å². The molecule has 0 saturated heterocycles. The third-order valence-electron chi connectivity index (χ3n) is 3.11. The molecule has 1 fully saturated rings. The molecule has 1 aromatic rings. The van der Waals surface area contributed by atoms with E-state index >= 15 is 0 Å². The average molecular weight is 237 g/mol. The number of hydrogen-bond donors (Lipinski definition) is 0. The second kappa shape index (κ2) is 5.11. The molecule has 2 nitrogen and oxygen atoms in total. The Labute approximate surface area is 101 Å². The Morgan fingerprint density at radius 1 is 1.62 bits per heavy atom. The number of thiophene rings is 1. The third kappa shape index (κ3) is 3.16. The van der Waals surface area contributed by atoms with Crippen LogP contribution in [0.5, 0.6) is 0 Å². The zero-order valence-corrected chi connectivity index (χ0v) is 10.8. The fraction of sp³-hybridized carbons (Fsp3) is 0.615. The number of hydrogen-bond acceptors (Lipinski definition) is 3. The third-order valence-corrected chi connectivity index (χ3v) is 3.84. The number of nitrogens with zero attached hydrogens (tertiary/aromatic N) is 1. The maximum absolute atomic E-state index is 11.2. The lowest BCUT2D eigenvalue weighted by Crippen LogP contribution is -2.35. The van der Waals surface area contributed by atoms with Gasteiger partial charge in [0.15, 0.2) is 0 Å². The van der Waals surface area contributed by atoms with Gasteiger partial charge in [0.2, 0.25) is 0 Å². The lowest BCUT2D eigenvalue weighted by atomic mass is 10.1. The Kier molecular flexibility index (Phi) is 3.77. The summed E-state index contributed by atoms with van der Waals surface area (Å²) in [5, 5.41) is 4.33. The molecule has 1 atom stereocenters. The van der Waals surface area contributed by atoms with Crippen molar-refractivity contribution in [1.82, 2.24) is 4.90 Å².